The molecule has 4 nitrogen and oxygen atoms in total. The molecule has 0 fully saturated rings. The predicted octanol–water partition coefficient (Wildman–Crippen LogP) is 3.91. The molecule has 0 spiro atoms. The minimum Gasteiger partial charge on any atom is -0.454 e. The first-order valence-electron chi connectivity index (χ1n) is 6.69. The lowest BCUT2D eigenvalue weighted by molar-refractivity contribution is -0.116. The SMILES string of the molecule is Cc1ccc(Cl)c(Oc2cc3c(cc2N)NC(=O)CC3)c1. The molecule has 0 radical (unpaired) electrons. The third-order valence-electron chi connectivity index (χ3n) is 3.44. The molecular formula is C16H15ClN2O2. The zero-order valence-corrected chi connectivity index (χ0v) is 12.3. The summed E-state index contributed by atoms with van der Waals surface area (Å²) in [5.74, 6) is 1.14. The number of hydrogen-bond acceptors (Lipinski definition) is 3. The van der Waals surface area contributed by atoms with Crippen LogP contribution in [0.1, 0.15) is 17.5 Å². The first-order chi connectivity index (χ1) is 10.0. The standard InChI is InChI=1S/C16H15ClN2O2/c1-9-2-4-11(17)14(6-9)21-15-7-10-3-5-16(20)19-13(10)8-12(15)18/h2,4,6-8H,3,5,18H2,1H3,(H,19,20). The third kappa shape index (κ3) is 2.81. The van der Waals surface area contributed by atoms with Crippen molar-refractivity contribution in [3.63, 3.8) is 0 Å². The smallest absolute Gasteiger partial charge is 0.224 e. The van der Waals surface area contributed by atoms with Crippen LogP contribution < -0.4 is 15.8 Å². The van der Waals surface area contributed by atoms with E-state index in [0.717, 1.165) is 16.8 Å². The van der Waals surface area contributed by atoms with Crippen molar-refractivity contribution in [3.05, 3.63) is 46.5 Å². The van der Waals surface area contributed by atoms with E-state index < -0.39 is 0 Å². The van der Waals surface area contributed by atoms with Crippen molar-refractivity contribution < 1.29 is 9.53 Å². The van der Waals surface area contributed by atoms with Gasteiger partial charge in [-0.25, -0.2) is 0 Å². The van der Waals surface area contributed by atoms with Gasteiger partial charge in [-0.3, -0.25) is 4.79 Å². The molecule has 108 valence electrons. The Morgan fingerprint density at radius 3 is 2.81 bits per heavy atom. The number of anilines is 2. The van der Waals surface area contributed by atoms with E-state index in [-0.39, 0.29) is 5.91 Å². The van der Waals surface area contributed by atoms with Crippen LogP contribution in [0.5, 0.6) is 11.5 Å². The summed E-state index contributed by atoms with van der Waals surface area (Å²) in [6.07, 6.45) is 1.15. The number of aryl methyl sites for hydroxylation is 2. The maximum atomic E-state index is 11.4. The number of amides is 1. The number of carbonyl (C=O) groups excluding carboxylic acids is 1. The molecule has 0 atom stereocenters. The van der Waals surface area contributed by atoms with E-state index in [1.165, 1.54) is 0 Å². The molecule has 21 heavy (non-hydrogen) atoms. The molecule has 1 aliphatic rings. The summed E-state index contributed by atoms with van der Waals surface area (Å²) in [6.45, 7) is 1.97. The van der Waals surface area contributed by atoms with Gasteiger partial charge in [0, 0.05) is 12.1 Å². The Kier molecular flexibility index (Phi) is 3.47. The number of hydrogen-bond donors (Lipinski definition) is 2. The van der Waals surface area contributed by atoms with E-state index >= 15 is 0 Å². The molecule has 0 aromatic heterocycles. The molecule has 1 aliphatic heterocycles. The van der Waals surface area contributed by atoms with Crippen LogP contribution in [0.3, 0.4) is 0 Å². The van der Waals surface area contributed by atoms with E-state index in [2.05, 4.69) is 5.32 Å². The summed E-state index contributed by atoms with van der Waals surface area (Å²) in [6, 6.07) is 9.17. The molecule has 0 bridgehead atoms. The van der Waals surface area contributed by atoms with Gasteiger partial charge in [0.05, 0.1) is 10.7 Å². The van der Waals surface area contributed by atoms with Crippen LogP contribution in [-0.4, -0.2) is 5.91 Å². The fourth-order valence-corrected chi connectivity index (χ4v) is 2.47. The molecule has 5 heteroatoms. The van der Waals surface area contributed by atoms with Gasteiger partial charge in [-0.15, -0.1) is 0 Å². The molecule has 2 aromatic carbocycles. The minimum atomic E-state index is 0.0114. The fourth-order valence-electron chi connectivity index (χ4n) is 2.32. The van der Waals surface area contributed by atoms with Gasteiger partial charge in [0.25, 0.3) is 0 Å². The summed E-state index contributed by atoms with van der Waals surface area (Å²) in [4.78, 5) is 11.4. The van der Waals surface area contributed by atoms with Crippen LogP contribution in [0.4, 0.5) is 11.4 Å². The first-order valence-corrected chi connectivity index (χ1v) is 7.07. The van der Waals surface area contributed by atoms with Crippen LogP contribution in [0.25, 0.3) is 0 Å². The largest absolute Gasteiger partial charge is 0.454 e. The molecular weight excluding hydrogens is 288 g/mol. The van der Waals surface area contributed by atoms with Crippen molar-refractivity contribution in [1.82, 2.24) is 0 Å². The molecule has 2 aromatic rings. The third-order valence-corrected chi connectivity index (χ3v) is 3.75. The van der Waals surface area contributed by atoms with Crippen molar-refractivity contribution in [3.8, 4) is 11.5 Å². The van der Waals surface area contributed by atoms with Gasteiger partial charge in [-0.05, 0) is 48.7 Å². The van der Waals surface area contributed by atoms with Gasteiger partial charge in [0.1, 0.15) is 5.75 Å². The number of fused-ring (bicyclic) bond motifs is 1. The number of carbonyl (C=O) groups is 1. The van der Waals surface area contributed by atoms with Gasteiger partial charge in [0.2, 0.25) is 5.91 Å². The second kappa shape index (κ2) is 5.30. The summed E-state index contributed by atoms with van der Waals surface area (Å²) in [7, 11) is 0. The highest BCUT2D eigenvalue weighted by molar-refractivity contribution is 6.32. The van der Waals surface area contributed by atoms with Crippen LogP contribution >= 0.6 is 11.6 Å². The summed E-state index contributed by atoms with van der Waals surface area (Å²) in [5.41, 5.74) is 9.30. The summed E-state index contributed by atoms with van der Waals surface area (Å²) in [5, 5.41) is 3.35. The normalized spacial score (nSPS) is 13.5. The number of nitrogens with two attached hydrogens (primary N) is 1. The lowest BCUT2D eigenvalue weighted by Gasteiger charge is -2.19. The highest BCUT2D eigenvalue weighted by Crippen LogP contribution is 2.37. The Labute approximate surface area is 127 Å². The van der Waals surface area contributed by atoms with Crippen molar-refractivity contribution in [2.75, 3.05) is 11.1 Å². The summed E-state index contributed by atoms with van der Waals surface area (Å²) < 4.78 is 5.84. The Balaban J connectivity index is 1.96. The van der Waals surface area contributed by atoms with Crippen LogP contribution in [0, 0.1) is 6.92 Å². The molecule has 1 amide bonds. The number of nitrogens with one attached hydrogen (secondary N) is 1. The van der Waals surface area contributed by atoms with Crippen LogP contribution in [0.2, 0.25) is 5.02 Å². The molecule has 0 aliphatic carbocycles. The molecule has 0 unspecified atom stereocenters. The van der Waals surface area contributed by atoms with Gasteiger partial charge >= 0.3 is 0 Å². The second-order valence-corrected chi connectivity index (χ2v) is 5.54. The Morgan fingerprint density at radius 1 is 1.19 bits per heavy atom. The number of ether oxygens (including phenoxy) is 1. The van der Waals surface area contributed by atoms with Gasteiger partial charge in [-0.1, -0.05) is 17.7 Å². The van der Waals surface area contributed by atoms with Crippen molar-refractivity contribution in [1.29, 1.82) is 0 Å². The number of rotatable bonds is 2. The lowest BCUT2D eigenvalue weighted by atomic mass is 10.0. The van der Waals surface area contributed by atoms with Crippen LogP contribution in [-0.2, 0) is 11.2 Å². The fraction of sp³-hybridized carbons (Fsp3) is 0.188. The highest BCUT2D eigenvalue weighted by atomic mass is 35.5. The van der Waals surface area contributed by atoms with Gasteiger partial charge in [-0.2, -0.15) is 0 Å². The molecule has 1 heterocycles. The van der Waals surface area contributed by atoms with E-state index in [1.807, 2.05) is 25.1 Å². The Morgan fingerprint density at radius 2 is 2.00 bits per heavy atom. The van der Waals surface area contributed by atoms with Crippen molar-refractivity contribution >= 4 is 28.9 Å². The number of halogens is 1. The molecule has 3 rings (SSSR count). The second-order valence-electron chi connectivity index (χ2n) is 5.13. The average molecular weight is 303 g/mol. The minimum absolute atomic E-state index is 0.0114. The van der Waals surface area contributed by atoms with Crippen molar-refractivity contribution in [2.24, 2.45) is 0 Å². The quantitative estimate of drug-likeness (QED) is 0.827. The average Bonchev–Trinajstić information content (AvgIpc) is 2.44. The van der Waals surface area contributed by atoms with Gasteiger partial charge < -0.3 is 15.8 Å². The van der Waals surface area contributed by atoms with E-state index in [4.69, 9.17) is 22.1 Å². The molecule has 3 N–H and O–H groups in total. The molecule has 0 saturated carbocycles. The molecule has 0 saturated heterocycles. The zero-order chi connectivity index (χ0) is 15.0. The summed E-state index contributed by atoms with van der Waals surface area (Å²) >= 11 is 6.14. The predicted molar refractivity (Wildman–Crippen MR) is 84.1 cm³/mol. The van der Waals surface area contributed by atoms with Gasteiger partial charge in [0.15, 0.2) is 5.75 Å². The first kappa shape index (κ1) is 13.8. The maximum absolute atomic E-state index is 11.4. The van der Waals surface area contributed by atoms with E-state index in [0.29, 0.717) is 35.1 Å². The topological polar surface area (TPSA) is 64.3 Å². The lowest BCUT2D eigenvalue weighted by Crippen LogP contribution is -2.19. The Bertz CT molecular complexity index is 728. The monoisotopic (exact) mass is 302 g/mol. The maximum Gasteiger partial charge on any atom is 0.224 e. The number of nitrogen functional groups attached to an aromatic ring is 1. The number of benzene rings is 2. The van der Waals surface area contributed by atoms with E-state index in [9.17, 15) is 4.79 Å². The Hall–Kier alpha value is -2.20. The van der Waals surface area contributed by atoms with E-state index in [1.54, 1.807) is 12.1 Å². The van der Waals surface area contributed by atoms with Crippen LogP contribution in [0.15, 0.2) is 30.3 Å². The zero-order valence-electron chi connectivity index (χ0n) is 11.6. The highest BCUT2D eigenvalue weighted by Gasteiger charge is 2.18. The van der Waals surface area contributed by atoms with Crippen molar-refractivity contribution in [2.45, 2.75) is 19.8 Å².